The monoisotopic (exact) mass is 254 g/mol. The van der Waals surface area contributed by atoms with Crippen LogP contribution in [0.15, 0.2) is 22.6 Å². The van der Waals surface area contributed by atoms with Gasteiger partial charge in [-0.3, -0.25) is 0 Å². The van der Waals surface area contributed by atoms with E-state index in [-0.39, 0.29) is 12.6 Å². The highest BCUT2D eigenvalue weighted by atomic mass is 19.2. The molecule has 0 aliphatic heterocycles. The lowest BCUT2D eigenvalue weighted by atomic mass is 10.2. The number of nitrogens with one attached hydrogen (secondary N) is 2. The number of hydrogen-bond donors (Lipinski definition) is 2. The minimum Gasteiger partial charge on any atom is -0.407 e. The first-order chi connectivity index (χ1) is 8.69. The smallest absolute Gasteiger partial charge is 0.315 e. The fourth-order valence-electron chi connectivity index (χ4n) is 1.37. The summed E-state index contributed by atoms with van der Waals surface area (Å²) in [6.45, 7) is 0.748. The van der Waals surface area contributed by atoms with Gasteiger partial charge in [-0.2, -0.15) is 0 Å². The molecule has 0 unspecified atom stereocenters. The summed E-state index contributed by atoms with van der Waals surface area (Å²) in [6, 6.07) is 3.92. The fourth-order valence-corrected chi connectivity index (χ4v) is 1.37. The van der Waals surface area contributed by atoms with Crippen molar-refractivity contribution >= 4 is 6.01 Å². The molecular weight excluding hydrogens is 242 g/mol. The van der Waals surface area contributed by atoms with Gasteiger partial charge in [-0.1, -0.05) is 11.2 Å². The van der Waals surface area contributed by atoms with Gasteiger partial charge in [0.15, 0.2) is 11.6 Å². The zero-order chi connectivity index (χ0) is 13.0. The molecule has 0 saturated carbocycles. The van der Waals surface area contributed by atoms with Gasteiger partial charge >= 0.3 is 6.01 Å². The van der Waals surface area contributed by atoms with Gasteiger partial charge in [0.2, 0.25) is 5.89 Å². The minimum atomic E-state index is -0.879. The van der Waals surface area contributed by atoms with E-state index in [1.165, 1.54) is 6.07 Å². The quantitative estimate of drug-likeness (QED) is 0.850. The summed E-state index contributed by atoms with van der Waals surface area (Å²) in [5, 5.41) is 13.2. The molecule has 2 N–H and O–H groups in total. The van der Waals surface area contributed by atoms with Crippen LogP contribution in [0.5, 0.6) is 0 Å². The summed E-state index contributed by atoms with van der Waals surface area (Å²) < 4.78 is 30.9. The molecule has 7 heteroatoms. The SMILES string of the molecule is CNCc1nnc(NCc2ccc(F)c(F)c2)o1. The lowest BCUT2D eigenvalue weighted by molar-refractivity contribution is 0.489. The van der Waals surface area contributed by atoms with E-state index in [1.54, 1.807) is 7.05 Å². The van der Waals surface area contributed by atoms with Gasteiger partial charge in [0.25, 0.3) is 0 Å². The molecule has 5 nitrogen and oxygen atoms in total. The summed E-state index contributed by atoms with van der Waals surface area (Å²) in [7, 11) is 1.76. The summed E-state index contributed by atoms with van der Waals surface area (Å²) in [5.74, 6) is -1.30. The van der Waals surface area contributed by atoms with Crippen LogP contribution in [0, 0.1) is 11.6 Å². The van der Waals surface area contributed by atoms with E-state index in [0.717, 1.165) is 12.1 Å². The Morgan fingerprint density at radius 2 is 2.00 bits per heavy atom. The zero-order valence-corrected chi connectivity index (χ0v) is 9.70. The van der Waals surface area contributed by atoms with Crippen LogP contribution in [0.2, 0.25) is 0 Å². The number of aromatic nitrogens is 2. The minimum absolute atomic E-state index is 0.241. The molecule has 1 heterocycles. The molecule has 2 rings (SSSR count). The van der Waals surface area contributed by atoms with Crippen molar-refractivity contribution in [3.63, 3.8) is 0 Å². The van der Waals surface area contributed by atoms with Crippen molar-refractivity contribution in [1.29, 1.82) is 0 Å². The highest BCUT2D eigenvalue weighted by molar-refractivity contribution is 5.24. The molecule has 0 atom stereocenters. The molecule has 1 aromatic heterocycles. The van der Waals surface area contributed by atoms with Crippen LogP contribution >= 0.6 is 0 Å². The van der Waals surface area contributed by atoms with Crippen LogP contribution < -0.4 is 10.6 Å². The Morgan fingerprint density at radius 1 is 1.17 bits per heavy atom. The molecule has 0 aliphatic carbocycles. The first kappa shape index (κ1) is 12.4. The summed E-state index contributed by atoms with van der Waals surface area (Å²) in [5.41, 5.74) is 0.585. The Hall–Kier alpha value is -2.02. The van der Waals surface area contributed by atoms with Gasteiger partial charge in [0.05, 0.1) is 6.54 Å². The van der Waals surface area contributed by atoms with Crippen molar-refractivity contribution in [1.82, 2.24) is 15.5 Å². The van der Waals surface area contributed by atoms with Crippen LogP contribution in [0.3, 0.4) is 0 Å². The number of halogens is 2. The Bertz CT molecular complexity index is 530. The third-order valence-corrected chi connectivity index (χ3v) is 2.22. The van der Waals surface area contributed by atoms with Crippen LogP contribution in [-0.2, 0) is 13.1 Å². The van der Waals surface area contributed by atoms with Crippen molar-refractivity contribution < 1.29 is 13.2 Å². The third-order valence-electron chi connectivity index (χ3n) is 2.22. The second-order valence-corrected chi connectivity index (χ2v) is 3.63. The van der Waals surface area contributed by atoms with Gasteiger partial charge in [0, 0.05) is 6.54 Å². The van der Waals surface area contributed by atoms with Crippen LogP contribution in [0.4, 0.5) is 14.8 Å². The second-order valence-electron chi connectivity index (χ2n) is 3.63. The number of rotatable bonds is 5. The number of benzene rings is 1. The maximum Gasteiger partial charge on any atom is 0.315 e. The highest BCUT2D eigenvalue weighted by Crippen LogP contribution is 2.11. The van der Waals surface area contributed by atoms with Crippen LogP contribution in [0.25, 0.3) is 0 Å². The predicted molar refractivity (Wildman–Crippen MR) is 60.7 cm³/mol. The van der Waals surface area contributed by atoms with Crippen molar-refractivity contribution in [2.75, 3.05) is 12.4 Å². The molecular formula is C11H12F2N4O. The van der Waals surface area contributed by atoms with Gasteiger partial charge < -0.3 is 15.1 Å². The van der Waals surface area contributed by atoms with E-state index in [4.69, 9.17) is 4.42 Å². The zero-order valence-electron chi connectivity index (χ0n) is 9.70. The Kier molecular flexibility index (Phi) is 3.83. The maximum absolute atomic E-state index is 12.9. The molecule has 2 aromatic rings. The Balaban J connectivity index is 1.95. The fraction of sp³-hybridized carbons (Fsp3) is 0.273. The van der Waals surface area contributed by atoms with E-state index in [9.17, 15) is 8.78 Å². The van der Waals surface area contributed by atoms with Crippen LogP contribution in [-0.4, -0.2) is 17.2 Å². The summed E-state index contributed by atoms with van der Waals surface area (Å²) in [4.78, 5) is 0. The normalized spacial score (nSPS) is 10.6. The Labute approximate surface area is 102 Å². The van der Waals surface area contributed by atoms with Crippen molar-refractivity contribution in [3.05, 3.63) is 41.3 Å². The van der Waals surface area contributed by atoms with E-state index in [1.807, 2.05) is 0 Å². The standard InChI is InChI=1S/C11H12F2N4O/c1-14-6-10-16-17-11(18-10)15-5-7-2-3-8(12)9(13)4-7/h2-4,14H,5-6H2,1H3,(H,15,17). The molecule has 0 amide bonds. The second kappa shape index (κ2) is 5.54. The highest BCUT2D eigenvalue weighted by Gasteiger charge is 2.06. The molecule has 0 spiro atoms. The van der Waals surface area contributed by atoms with Crippen molar-refractivity contribution in [3.8, 4) is 0 Å². The largest absolute Gasteiger partial charge is 0.407 e. The molecule has 0 aliphatic rings. The Morgan fingerprint density at radius 3 is 2.72 bits per heavy atom. The number of hydrogen-bond acceptors (Lipinski definition) is 5. The first-order valence-corrected chi connectivity index (χ1v) is 5.34. The van der Waals surface area contributed by atoms with Gasteiger partial charge in [-0.15, -0.1) is 5.10 Å². The van der Waals surface area contributed by atoms with E-state index >= 15 is 0 Å². The lowest BCUT2D eigenvalue weighted by Gasteiger charge is -2.02. The first-order valence-electron chi connectivity index (χ1n) is 5.34. The number of anilines is 1. The molecule has 0 fully saturated rings. The molecule has 96 valence electrons. The maximum atomic E-state index is 12.9. The third kappa shape index (κ3) is 3.01. The van der Waals surface area contributed by atoms with Gasteiger partial charge in [0.1, 0.15) is 0 Å². The van der Waals surface area contributed by atoms with E-state index in [2.05, 4.69) is 20.8 Å². The summed E-state index contributed by atoms with van der Waals surface area (Å²) in [6.07, 6.45) is 0. The number of nitrogens with zero attached hydrogens (tertiary/aromatic N) is 2. The molecule has 0 radical (unpaired) electrons. The van der Waals surface area contributed by atoms with Crippen LogP contribution in [0.1, 0.15) is 11.5 Å². The molecule has 0 saturated heterocycles. The van der Waals surface area contributed by atoms with Crippen molar-refractivity contribution in [2.24, 2.45) is 0 Å². The predicted octanol–water partition coefficient (Wildman–Crippen LogP) is 1.68. The van der Waals surface area contributed by atoms with E-state index < -0.39 is 11.6 Å². The van der Waals surface area contributed by atoms with Gasteiger partial charge in [-0.25, -0.2) is 8.78 Å². The lowest BCUT2D eigenvalue weighted by Crippen LogP contribution is -2.04. The molecule has 0 bridgehead atoms. The molecule has 18 heavy (non-hydrogen) atoms. The van der Waals surface area contributed by atoms with Gasteiger partial charge in [-0.05, 0) is 24.7 Å². The average Bonchev–Trinajstić information content (AvgIpc) is 2.79. The topological polar surface area (TPSA) is 63.0 Å². The van der Waals surface area contributed by atoms with Crippen molar-refractivity contribution in [2.45, 2.75) is 13.1 Å². The molecule has 1 aromatic carbocycles. The summed E-state index contributed by atoms with van der Waals surface area (Å²) >= 11 is 0. The van der Waals surface area contributed by atoms with E-state index in [0.29, 0.717) is 18.0 Å². The average molecular weight is 254 g/mol.